The van der Waals surface area contributed by atoms with Crippen LogP contribution < -0.4 is 11.5 Å². The lowest BCUT2D eigenvalue weighted by atomic mass is 10.6. The molecule has 1 aromatic rings. The van der Waals surface area contributed by atoms with Crippen molar-refractivity contribution in [2.75, 3.05) is 6.54 Å². The third-order valence-corrected chi connectivity index (χ3v) is 1.21. The second-order valence-electron chi connectivity index (χ2n) is 2.11. The maximum Gasteiger partial charge on any atom is 0.185 e. The number of aliphatic imine (C=N–C) groups is 1. The average molecular weight is 153 g/mol. The third kappa shape index (κ3) is 2.70. The minimum Gasteiger partial charge on any atom is -0.370 e. The molecule has 60 valence electrons. The Kier molecular flexibility index (Phi) is 2.48. The molecular formula is C6H11N5. The maximum absolute atomic E-state index is 5.13. The van der Waals surface area contributed by atoms with Crippen LogP contribution in [0.3, 0.4) is 0 Å². The van der Waals surface area contributed by atoms with E-state index in [1.807, 2.05) is 10.8 Å². The van der Waals surface area contributed by atoms with E-state index in [1.54, 1.807) is 12.5 Å². The summed E-state index contributed by atoms with van der Waals surface area (Å²) in [5, 5.41) is 0. The van der Waals surface area contributed by atoms with Crippen molar-refractivity contribution < 1.29 is 0 Å². The van der Waals surface area contributed by atoms with Crippen molar-refractivity contribution in [3.63, 3.8) is 0 Å². The summed E-state index contributed by atoms with van der Waals surface area (Å²) in [7, 11) is 0. The molecule has 11 heavy (non-hydrogen) atoms. The Morgan fingerprint density at radius 3 is 2.91 bits per heavy atom. The van der Waals surface area contributed by atoms with Crippen LogP contribution in [0.25, 0.3) is 0 Å². The molecule has 0 radical (unpaired) electrons. The Balaban J connectivity index is 2.30. The van der Waals surface area contributed by atoms with Crippen LogP contribution in [0, 0.1) is 0 Å². The lowest BCUT2D eigenvalue weighted by Gasteiger charge is -1.96. The van der Waals surface area contributed by atoms with Gasteiger partial charge in [0.1, 0.15) is 0 Å². The highest BCUT2D eigenvalue weighted by Crippen LogP contribution is 1.84. The fourth-order valence-electron chi connectivity index (χ4n) is 0.714. The lowest BCUT2D eigenvalue weighted by molar-refractivity contribution is 0.708. The molecule has 0 unspecified atom stereocenters. The van der Waals surface area contributed by atoms with Crippen LogP contribution in [0.5, 0.6) is 0 Å². The van der Waals surface area contributed by atoms with Crippen molar-refractivity contribution in [3.8, 4) is 0 Å². The summed E-state index contributed by atoms with van der Waals surface area (Å²) in [5.41, 5.74) is 10.3. The van der Waals surface area contributed by atoms with Gasteiger partial charge in [0, 0.05) is 18.9 Å². The van der Waals surface area contributed by atoms with Gasteiger partial charge < -0.3 is 16.0 Å². The first-order valence-corrected chi connectivity index (χ1v) is 3.30. The highest BCUT2D eigenvalue weighted by Gasteiger charge is 1.86. The third-order valence-electron chi connectivity index (χ3n) is 1.21. The summed E-state index contributed by atoms with van der Waals surface area (Å²) < 4.78 is 1.91. The average Bonchev–Trinajstić information content (AvgIpc) is 2.39. The molecule has 0 amide bonds. The number of guanidine groups is 1. The predicted molar refractivity (Wildman–Crippen MR) is 42.9 cm³/mol. The largest absolute Gasteiger partial charge is 0.370 e. The number of hydrogen-bond acceptors (Lipinski definition) is 2. The van der Waals surface area contributed by atoms with Crippen molar-refractivity contribution in [2.45, 2.75) is 6.54 Å². The van der Waals surface area contributed by atoms with Crippen molar-refractivity contribution >= 4 is 5.96 Å². The molecule has 5 heteroatoms. The number of rotatable bonds is 3. The molecule has 0 fully saturated rings. The normalized spacial score (nSPS) is 9.45. The monoisotopic (exact) mass is 153 g/mol. The van der Waals surface area contributed by atoms with E-state index in [0.717, 1.165) is 6.54 Å². The SMILES string of the molecule is NC(N)=NCCn1ccnc1. The second kappa shape index (κ2) is 3.60. The fraction of sp³-hybridized carbons (Fsp3) is 0.333. The fourth-order valence-corrected chi connectivity index (χ4v) is 0.714. The van der Waals surface area contributed by atoms with Crippen LogP contribution >= 0.6 is 0 Å². The number of nitrogens with zero attached hydrogens (tertiary/aromatic N) is 3. The van der Waals surface area contributed by atoms with E-state index in [-0.39, 0.29) is 5.96 Å². The van der Waals surface area contributed by atoms with Crippen LogP contribution in [-0.2, 0) is 6.54 Å². The summed E-state index contributed by atoms with van der Waals surface area (Å²) in [5.74, 6) is 0.130. The molecule has 1 heterocycles. The number of nitrogens with two attached hydrogens (primary N) is 2. The molecule has 0 aliphatic carbocycles. The standard InChI is InChI=1S/C6H11N5/c7-6(8)10-2-4-11-3-1-9-5-11/h1,3,5H,2,4H2,(H4,7,8,10). The molecule has 1 rings (SSSR count). The lowest BCUT2D eigenvalue weighted by Crippen LogP contribution is -2.23. The summed E-state index contributed by atoms with van der Waals surface area (Å²) >= 11 is 0. The number of aromatic nitrogens is 2. The van der Waals surface area contributed by atoms with Crippen molar-refractivity contribution in [1.29, 1.82) is 0 Å². The van der Waals surface area contributed by atoms with E-state index >= 15 is 0 Å². The van der Waals surface area contributed by atoms with Crippen LogP contribution in [0.4, 0.5) is 0 Å². The van der Waals surface area contributed by atoms with Gasteiger partial charge in [-0.3, -0.25) is 4.99 Å². The minimum absolute atomic E-state index is 0.130. The summed E-state index contributed by atoms with van der Waals surface area (Å²) in [4.78, 5) is 7.69. The summed E-state index contributed by atoms with van der Waals surface area (Å²) in [6.45, 7) is 1.36. The van der Waals surface area contributed by atoms with Gasteiger partial charge in [-0.25, -0.2) is 4.98 Å². The Hall–Kier alpha value is -1.52. The summed E-state index contributed by atoms with van der Waals surface area (Å²) in [6.07, 6.45) is 5.31. The Labute approximate surface area is 64.7 Å². The van der Waals surface area contributed by atoms with Gasteiger partial charge in [0.05, 0.1) is 12.9 Å². The van der Waals surface area contributed by atoms with Crippen molar-refractivity contribution in [2.24, 2.45) is 16.5 Å². The Morgan fingerprint density at radius 2 is 2.36 bits per heavy atom. The molecule has 0 saturated carbocycles. The molecule has 0 aliphatic heterocycles. The van der Waals surface area contributed by atoms with E-state index in [4.69, 9.17) is 11.5 Å². The molecule has 4 N–H and O–H groups in total. The van der Waals surface area contributed by atoms with Crippen LogP contribution in [0.1, 0.15) is 0 Å². The highest BCUT2D eigenvalue weighted by atomic mass is 15.0. The minimum atomic E-state index is 0.130. The van der Waals surface area contributed by atoms with Crippen LogP contribution in [0.2, 0.25) is 0 Å². The van der Waals surface area contributed by atoms with Crippen LogP contribution in [0.15, 0.2) is 23.7 Å². The molecule has 0 aliphatic rings. The molecule has 0 atom stereocenters. The van der Waals surface area contributed by atoms with Gasteiger partial charge in [-0.15, -0.1) is 0 Å². The predicted octanol–water partition coefficient (Wildman–Crippen LogP) is -0.843. The quantitative estimate of drug-likeness (QED) is 0.438. The van der Waals surface area contributed by atoms with E-state index in [2.05, 4.69) is 9.98 Å². The summed E-state index contributed by atoms with van der Waals surface area (Å²) in [6, 6.07) is 0. The van der Waals surface area contributed by atoms with Crippen molar-refractivity contribution in [3.05, 3.63) is 18.7 Å². The smallest absolute Gasteiger partial charge is 0.185 e. The topological polar surface area (TPSA) is 82.2 Å². The van der Waals surface area contributed by atoms with Gasteiger partial charge in [0.25, 0.3) is 0 Å². The number of hydrogen-bond donors (Lipinski definition) is 2. The zero-order chi connectivity index (χ0) is 8.10. The molecule has 1 aromatic heterocycles. The first-order valence-electron chi connectivity index (χ1n) is 3.30. The van der Waals surface area contributed by atoms with Crippen LogP contribution in [-0.4, -0.2) is 22.1 Å². The number of imidazole rings is 1. The Bertz CT molecular complexity index is 221. The second-order valence-corrected chi connectivity index (χ2v) is 2.11. The highest BCUT2D eigenvalue weighted by molar-refractivity contribution is 5.75. The molecule has 0 spiro atoms. The van der Waals surface area contributed by atoms with E-state index < -0.39 is 0 Å². The molecular weight excluding hydrogens is 142 g/mol. The van der Waals surface area contributed by atoms with E-state index in [9.17, 15) is 0 Å². The van der Waals surface area contributed by atoms with Gasteiger partial charge >= 0.3 is 0 Å². The van der Waals surface area contributed by atoms with Gasteiger partial charge in [0.2, 0.25) is 0 Å². The van der Waals surface area contributed by atoms with Gasteiger partial charge in [0.15, 0.2) is 5.96 Å². The molecule has 0 saturated heterocycles. The molecule has 0 bridgehead atoms. The van der Waals surface area contributed by atoms with Gasteiger partial charge in [-0.05, 0) is 0 Å². The maximum atomic E-state index is 5.13. The zero-order valence-electron chi connectivity index (χ0n) is 6.14. The van der Waals surface area contributed by atoms with E-state index in [0.29, 0.717) is 6.54 Å². The van der Waals surface area contributed by atoms with Gasteiger partial charge in [-0.1, -0.05) is 0 Å². The van der Waals surface area contributed by atoms with Crippen molar-refractivity contribution in [1.82, 2.24) is 9.55 Å². The molecule has 0 aromatic carbocycles. The first kappa shape index (κ1) is 7.59. The zero-order valence-corrected chi connectivity index (χ0v) is 6.14. The Morgan fingerprint density at radius 1 is 1.55 bits per heavy atom. The molecule has 5 nitrogen and oxygen atoms in total. The van der Waals surface area contributed by atoms with E-state index in [1.165, 1.54) is 0 Å². The first-order chi connectivity index (χ1) is 5.29. The van der Waals surface area contributed by atoms with Gasteiger partial charge in [-0.2, -0.15) is 0 Å².